The van der Waals surface area contributed by atoms with Crippen LogP contribution in [0, 0.1) is 12.3 Å². The number of nitrogens with one attached hydrogen (secondary N) is 1. The number of hydrogen-bond acceptors (Lipinski definition) is 3. The van der Waals surface area contributed by atoms with E-state index in [0.29, 0.717) is 0 Å². The van der Waals surface area contributed by atoms with E-state index in [9.17, 15) is 0 Å². The second-order valence-corrected chi connectivity index (χ2v) is 4.58. The first-order valence-corrected chi connectivity index (χ1v) is 5.91. The predicted octanol–water partition coefficient (Wildman–Crippen LogP) is 3.30. The molecular formula is C15H21N3. The van der Waals surface area contributed by atoms with Crippen LogP contribution in [0.25, 0.3) is 5.57 Å². The van der Waals surface area contributed by atoms with Crippen LogP contribution in [0.5, 0.6) is 0 Å². The lowest BCUT2D eigenvalue weighted by Gasteiger charge is -2.18. The second-order valence-electron chi connectivity index (χ2n) is 4.58. The molecule has 0 atom stereocenters. The van der Waals surface area contributed by atoms with E-state index in [2.05, 4.69) is 44.0 Å². The maximum Gasteiger partial charge on any atom is 0.0433 e. The van der Waals surface area contributed by atoms with E-state index in [1.54, 1.807) is 0 Å². The van der Waals surface area contributed by atoms with Crippen LogP contribution in [-0.4, -0.2) is 13.3 Å². The Balaban J connectivity index is 3.14. The Kier molecular flexibility index (Phi) is 4.72. The highest BCUT2D eigenvalue weighted by Crippen LogP contribution is 2.23. The van der Waals surface area contributed by atoms with Crippen molar-refractivity contribution in [2.24, 2.45) is 5.73 Å². The minimum atomic E-state index is 0.731. The van der Waals surface area contributed by atoms with Crippen molar-refractivity contribution in [2.75, 3.05) is 11.9 Å². The molecule has 3 nitrogen and oxygen atoms in total. The molecule has 18 heavy (non-hydrogen) atoms. The Morgan fingerprint density at radius 2 is 2.00 bits per heavy atom. The average Bonchev–Trinajstić information content (AvgIpc) is 2.29. The zero-order valence-electron chi connectivity index (χ0n) is 11.5. The zero-order chi connectivity index (χ0) is 13.7. The molecule has 0 aliphatic heterocycles. The first-order chi connectivity index (χ1) is 8.49. The Labute approximate surface area is 109 Å². The summed E-state index contributed by atoms with van der Waals surface area (Å²) in [6.07, 6.45) is 4.83. The molecule has 0 radical (unpaired) electrons. The van der Waals surface area contributed by atoms with E-state index in [-0.39, 0.29) is 0 Å². The zero-order valence-corrected chi connectivity index (χ0v) is 11.5. The van der Waals surface area contributed by atoms with Gasteiger partial charge in [-0.05, 0) is 44.0 Å². The molecule has 0 aliphatic rings. The van der Waals surface area contributed by atoms with Gasteiger partial charge in [-0.25, -0.2) is 0 Å². The molecule has 1 aromatic rings. The standard InChI is InChI=1S/C15H21N3/c1-11(2)10-18(4)15-6-5-13(7-12(15)3)14(8-16)9-17/h5-10,16H,17H2,1-4H3/b14-9+,16-8?. The van der Waals surface area contributed by atoms with Crippen molar-refractivity contribution in [2.45, 2.75) is 20.8 Å². The molecule has 0 fully saturated rings. The summed E-state index contributed by atoms with van der Waals surface area (Å²) in [4.78, 5) is 2.10. The van der Waals surface area contributed by atoms with Crippen molar-refractivity contribution in [3.8, 4) is 0 Å². The minimum absolute atomic E-state index is 0.731. The van der Waals surface area contributed by atoms with Gasteiger partial charge in [-0.15, -0.1) is 0 Å². The van der Waals surface area contributed by atoms with Crippen LogP contribution in [0.3, 0.4) is 0 Å². The number of aryl methyl sites for hydroxylation is 1. The van der Waals surface area contributed by atoms with Crippen LogP contribution in [-0.2, 0) is 0 Å². The fourth-order valence-electron chi connectivity index (χ4n) is 1.92. The number of benzene rings is 1. The highest BCUT2D eigenvalue weighted by Gasteiger charge is 2.05. The lowest BCUT2D eigenvalue weighted by molar-refractivity contribution is 1.14. The molecule has 0 aromatic heterocycles. The van der Waals surface area contributed by atoms with Crippen molar-refractivity contribution < 1.29 is 0 Å². The molecule has 0 aliphatic carbocycles. The lowest BCUT2D eigenvalue weighted by Crippen LogP contribution is -2.10. The molecule has 0 saturated heterocycles. The SMILES string of the molecule is CC(C)=CN(C)c1ccc(/C(C=N)=C/N)cc1C. The molecule has 1 aromatic carbocycles. The fourth-order valence-corrected chi connectivity index (χ4v) is 1.92. The van der Waals surface area contributed by atoms with Gasteiger partial charge in [-0.1, -0.05) is 11.6 Å². The summed E-state index contributed by atoms with van der Waals surface area (Å²) in [5.41, 5.74) is 10.8. The summed E-state index contributed by atoms with van der Waals surface area (Å²) in [7, 11) is 2.03. The summed E-state index contributed by atoms with van der Waals surface area (Å²) in [6.45, 7) is 6.21. The van der Waals surface area contributed by atoms with E-state index >= 15 is 0 Å². The van der Waals surface area contributed by atoms with Gasteiger partial charge in [0.1, 0.15) is 0 Å². The number of nitrogens with zero attached hydrogens (tertiary/aromatic N) is 1. The first kappa shape index (κ1) is 14.0. The first-order valence-electron chi connectivity index (χ1n) is 5.91. The van der Waals surface area contributed by atoms with Crippen LogP contribution < -0.4 is 10.6 Å². The number of anilines is 1. The van der Waals surface area contributed by atoms with E-state index in [0.717, 1.165) is 22.4 Å². The van der Waals surface area contributed by atoms with Crippen molar-refractivity contribution in [1.82, 2.24) is 0 Å². The van der Waals surface area contributed by atoms with E-state index < -0.39 is 0 Å². The van der Waals surface area contributed by atoms with Crippen LogP contribution in [0.2, 0.25) is 0 Å². The van der Waals surface area contributed by atoms with Gasteiger partial charge in [-0.2, -0.15) is 0 Å². The van der Waals surface area contributed by atoms with Crippen molar-refractivity contribution in [3.05, 3.63) is 47.3 Å². The highest BCUT2D eigenvalue weighted by atomic mass is 15.1. The van der Waals surface area contributed by atoms with Crippen molar-refractivity contribution in [1.29, 1.82) is 5.41 Å². The highest BCUT2D eigenvalue weighted by molar-refractivity contribution is 6.08. The van der Waals surface area contributed by atoms with Crippen molar-refractivity contribution >= 4 is 17.5 Å². The van der Waals surface area contributed by atoms with E-state index in [1.165, 1.54) is 18.0 Å². The largest absolute Gasteiger partial charge is 0.404 e. The maximum atomic E-state index is 7.31. The van der Waals surface area contributed by atoms with Crippen LogP contribution >= 0.6 is 0 Å². The van der Waals surface area contributed by atoms with Crippen LogP contribution in [0.1, 0.15) is 25.0 Å². The molecule has 96 valence electrons. The number of hydrogen-bond donors (Lipinski definition) is 2. The maximum absolute atomic E-state index is 7.31. The number of allylic oxidation sites excluding steroid dienone is 2. The molecule has 0 bridgehead atoms. The van der Waals surface area contributed by atoms with Crippen LogP contribution in [0.4, 0.5) is 5.69 Å². The number of rotatable bonds is 4. The summed E-state index contributed by atoms with van der Waals surface area (Å²) >= 11 is 0. The molecule has 1 rings (SSSR count). The molecular weight excluding hydrogens is 222 g/mol. The normalized spacial score (nSPS) is 11.0. The predicted molar refractivity (Wildman–Crippen MR) is 80.0 cm³/mol. The third kappa shape index (κ3) is 3.23. The Hall–Kier alpha value is -2.03. The van der Waals surface area contributed by atoms with Gasteiger partial charge >= 0.3 is 0 Å². The average molecular weight is 243 g/mol. The molecule has 0 heterocycles. The van der Waals surface area contributed by atoms with Gasteiger partial charge in [0.05, 0.1) is 0 Å². The van der Waals surface area contributed by atoms with Crippen LogP contribution in [0.15, 0.2) is 36.2 Å². The van der Waals surface area contributed by atoms with E-state index in [4.69, 9.17) is 11.1 Å². The minimum Gasteiger partial charge on any atom is -0.404 e. The van der Waals surface area contributed by atoms with Gasteiger partial charge in [0.25, 0.3) is 0 Å². The third-order valence-electron chi connectivity index (χ3n) is 2.70. The Bertz CT molecular complexity index is 494. The molecule has 0 saturated carbocycles. The quantitative estimate of drug-likeness (QED) is 0.797. The molecule has 3 heteroatoms. The van der Waals surface area contributed by atoms with Gasteiger partial charge in [0.15, 0.2) is 0 Å². The topological polar surface area (TPSA) is 53.1 Å². The van der Waals surface area contributed by atoms with Gasteiger partial charge in [0.2, 0.25) is 0 Å². The van der Waals surface area contributed by atoms with E-state index in [1.807, 2.05) is 13.1 Å². The van der Waals surface area contributed by atoms with Gasteiger partial charge in [-0.3, -0.25) is 0 Å². The summed E-state index contributed by atoms with van der Waals surface area (Å²) in [6, 6.07) is 6.09. The fraction of sp³-hybridized carbons (Fsp3) is 0.267. The smallest absolute Gasteiger partial charge is 0.0433 e. The lowest BCUT2D eigenvalue weighted by atomic mass is 10.0. The number of nitrogens with two attached hydrogens (primary N) is 1. The summed E-state index contributed by atoms with van der Waals surface area (Å²) in [5.74, 6) is 0. The second kappa shape index (κ2) is 6.05. The molecule has 0 spiro atoms. The van der Waals surface area contributed by atoms with Gasteiger partial charge < -0.3 is 16.0 Å². The monoisotopic (exact) mass is 243 g/mol. The Morgan fingerprint density at radius 3 is 2.44 bits per heavy atom. The summed E-state index contributed by atoms with van der Waals surface area (Å²) in [5, 5.41) is 7.31. The summed E-state index contributed by atoms with van der Waals surface area (Å²) < 4.78 is 0. The van der Waals surface area contributed by atoms with Gasteiger partial charge in [0, 0.05) is 36.9 Å². The molecule has 0 amide bonds. The Morgan fingerprint density at radius 1 is 1.33 bits per heavy atom. The molecule has 0 unspecified atom stereocenters. The van der Waals surface area contributed by atoms with Crippen molar-refractivity contribution in [3.63, 3.8) is 0 Å². The third-order valence-corrected chi connectivity index (χ3v) is 2.70. The molecule has 3 N–H and O–H groups in total.